The second kappa shape index (κ2) is 7.86. The predicted molar refractivity (Wildman–Crippen MR) is 92.5 cm³/mol. The van der Waals surface area contributed by atoms with Crippen molar-refractivity contribution in [2.24, 2.45) is 0 Å². The van der Waals surface area contributed by atoms with E-state index in [4.69, 9.17) is 0 Å². The van der Waals surface area contributed by atoms with Crippen molar-refractivity contribution < 1.29 is 18.0 Å². The Kier molecular flexibility index (Phi) is 5.84. The van der Waals surface area contributed by atoms with Gasteiger partial charge in [-0.1, -0.05) is 12.1 Å². The molecule has 0 bridgehead atoms. The van der Waals surface area contributed by atoms with Crippen LogP contribution in [0.2, 0.25) is 0 Å². The van der Waals surface area contributed by atoms with Crippen molar-refractivity contribution in [3.63, 3.8) is 0 Å². The van der Waals surface area contributed by atoms with Crippen molar-refractivity contribution in [1.82, 2.24) is 14.6 Å². The van der Waals surface area contributed by atoms with E-state index in [2.05, 4.69) is 15.6 Å². The largest absolute Gasteiger partial charge is 0.343 e. The highest BCUT2D eigenvalue weighted by Crippen LogP contribution is 2.14. The van der Waals surface area contributed by atoms with Gasteiger partial charge in [-0.2, -0.15) is 0 Å². The zero-order valence-corrected chi connectivity index (χ0v) is 14.6. The Labute approximate surface area is 145 Å². The van der Waals surface area contributed by atoms with Gasteiger partial charge in [0.1, 0.15) is 5.82 Å². The summed E-state index contributed by atoms with van der Waals surface area (Å²) in [7, 11) is -0.826. The lowest BCUT2D eigenvalue weighted by molar-refractivity contribution is -0.115. The van der Waals surface area contributed by atoms with Gasteiger partial charge < -0.3 is 10.6 Å². The molecule has 2 rings (SSSR count). The number of hydrogen-bond donors (Lipinski definition) is 2. The Morgan fingerprint density at radius 1 is 1.12 bits per heavy atom. The Bertz CT molecular complexity index is 867. The van der Waals surface area contributed by atoms with E-state index in [0.717, 1.165) is 4.31 Å². The lowest BCUT2D eigenvalue weighted by Gasteiger charge is -2.12. The number of nitrogens with one attached hydrogen (secondary N) is 2. The summed E-state index contributed by atoms with van der Waals surface area (Å²) in [4.78, 5) is 27.9. The van der Waals surface area contributed by atoms with E-state index >= 15 is 0 Å². The average molecular weight is 362 g/mol. The van der Waals surface area contributed by atoms with Gasteiger partial charge in [-0.25, -0.2) is 17.7 Å². The van der Waals surface area contributed by atoms with Gasteiger partial charge in [0.15, 0.2) is 0 Å². The number of aromatic nitrogens is 1. The van der Waals surface area contributed by atoms with Crippen LogP contribution in [0.15, 0.2) is 53.6 Å². The molecule has 0 aliphatic carbocycles. The maximum Gasteiger partial charge on any atom is 0.251 e. The number of rotatable bonds is 6. The van der Waals surface area contributed by atoms with Gasteiger partial charge in [-0.3, -0.25) is 9.59 Å². The number of carbonyl (C=O) groups excluding carboxylic acids is 2. The second-order valence-electron chi connectivity index (χ2n) is 5.26. The quantitative estimate of drug-likeness (QED) is 0.786. The minimum Gasteiger partial charge on any atom is -0.343 e. The van der Waals surface area contributed by atoms with E-state index < -0.39 is 21.8 Å². The molecule has 0 radical (unpaired) electrons. The SMILES string of the molecule is CN(C)S(=O)(=O)c1cccc(C(=O)NCC(=O)Nc2ccccn2)c1. The molecule has 0 unspecified atom stereocenters. The number of amides is 2. The fourth-order valence-corrected chi connectivity index (χ4v) is 2.84. The van der Waals surface area contributed by atoms with Gasteiger partial charge in [0.2, 0.25) is 15.9 Å². The molecule has 0 atom stereocenters. The first-order chi connectivity index (χ1) is 11.8. The summed E-state index contributed by atoms with van der Waals surface area (Å²) in [6.07, 6.45) is 1.53. The van der Waals surface area contributed by atoms with Crippen LogP contribution >= 0.6 is 0 Å². The normalized spacial score (nSPS) is 11.2. The molecule has 0 fully saturated rings. The third-order valence-corrected chi connectivity index (χ3v) is 5.03. The van der Waals surface area contributed by atoms with Crippen LogP contribution in [0.1, 0.15) is 10.4 Å². The van der Waals surface area contributed by atoms with Crippen LogP contribution in [0.25, 0.3) is 0 Å². The van der Waals surface area contributed by atoms with Crippen molar-refractivity contribution in [1.29, 1.82) is 0 Å². The molecule has 0 spiro atoms. The summed E-state index contributed by atoms with van der Waals surface area (Å²) in [5.74, 6) is -0.614. The molecule has 0 aliphatic heterocycles. The van der Waals surface area contributed by atoms with Crippen molar-refractivity contribution in [2.45, 2.75) is 4.90 Å². The topological polar surface area (TPSA) is 108 Å². The minimum atomic E-state index is -3.64. The number of anilines is 1. The van der Waals surface area contributed by atoms with Gasteiger partial charge in [0, 0.05) is 25.9 Å². The maximum atomic E-state index is 12.1. The summed E-state index contributed by atoms with van der Waals surface area (Å²) in [5, 5.41) is 4.97. The lowest BCUT2D eigenvalue weighted by atomic mass is 10.2. The van der Waals surface area contributed by atoms with E-state index in [0.29, 0.717) is 5.82 Å². The van der Waals surface area contributed by atoms with Gasteiger partial charge >= 0.3 is 0 Å². The number of carbonyl (C=O) groups is 2. The van der Waals surface area contributed by atoms with Crippen LogP contribution in [0.3, 0.4) is 0 Å². The Morgan fingerprint density at radius 2 is 1.88 bits per heavy atom. The number of nitrogens with zero attached hydrogens (tertiary/aromatic N) is 2. The molecule has 0 aliphatic rings. The molecule has 2 N–H and O–H groups in total. The lowest BCUT2D eigenvalue weighted by Crippen LogP contribution is -2.33. The van der Waals surface area contributed by atoms with Crippen LogP contribution in [-0.2, 0) is 14.8 Å². The average Bonchev–Trinajstić information content (AvgIpc) is 2.60. The molecule has 1 heterocycles. The molecule has 1 aromatic carbocycles. The smallest absolute Gasteiger partial charge is 0.251 e. The molecule has 0 saturated carbocycles. The predicted octanol–water partition coefficient (Wildman–Crippen LogP) is 0.700. The molecular weight excluding hydrogens is 344 g/mol. The van der Waals surface area contributed by atoms with Gasteiger partial charge in [0.05, 0.1) is 11.4 Å². The highest BCUT2D eigenvalue weighted by Gasteiger charge is 2.18. The van der Waals surface area contributed by atoms with E-state index in [-0.39, 0.29) is 17.0 Å². The number of hydrogen-bond acceptors (Lipinski definition) is 5. The zero-order chi connectivity index (χ0) is 18.4. The van der Waals surface area contributed by atoms with E-state index in [9.17, 15) is 18.0 Å². The van der Waals surface area contributed by atoms with E-state index in [1.165, 1.54) is 44.6 Å². The van der Waals surface area contributed by atoms with Gasteiger partial charge in [0.25, 0.3) is 5.91 Å². The van der Waals surface area contributed by atoms with Crippen LogP contribution in [0.5, 0.6) is 0 Å². The number of benzene rings is 1. The fourth-order valence-electron chi connectivity index (χ4n) is 1.89. The summed E-state index contributed by atoms with van der Waals surface area (Å²) in [5.41, 5.74) is 0.147. The molecule has 2 amide bonds. The summed E-state index contributed by atoms with van der Waals surface area (Å²) < 4.78 is 25.3. The monoisotopic (exact) mass is 362 g/mol. The van der Waals surface area contributed by atoms with Crippen LogP contribution in [0, 0.1) is 0 Å². The van der Waals surface area contributed by atoms with Gasteiger partial charge in [-0.05, 0) is 30.3 Å². The molecule has 9 heteroatoms. The maximum absolute atomic E-state index is 12.1. The minimum absolute atomic E-state index is 0.00286. The fraction of sp³-hybridized carbons (Fsp3) is 0.188. The first-order valence-electron chi connectivity index (χ1n) is 7.32. The molecule has 0 saturated heterocycles. The van der Waals surface area contributed by atoms with Crippen LogP contribution < -0.4 is 10.6 Å². The second-order valence-corrected chi connectivity index (χ2v) is 7.41. The molecule has 25 heavy (non-hydrogen) atoms. The van der Waals surface area contributed by atoms with Crippen molar-refractivity contribution in [3.8, 4) is 0 Å². The molecule has 1 aromatic heterocycles. The van der Waals surface area contributed by atoms with E-state index in [1.54, 1.807) is 18.2 Å². The van der Waals surface area contributed by atoms with Crippen LogP contribution in [-0.4, -0.2) is 50.2 Å². The first kappa shape index (κ1) is 18.6. The van der Waals surface area contributed by atoms with Crippen molar-refractivity contribution >= 4 is 27.7 Å². The standard InChI is InChI=1S/C16H18N4O4S/c1-20(2)25(23,24)13-7-5-6-12(10-13)16(22)18-11-15(21)19-14-8-3-4-9-17-14/h3-10H,11H2,1-2H3,(H,18,22)(H,17,19,21). The Balaban J connectivity index is 2.01. The zero-order valence-electron chi connectivity index (χ0n) is 13.8. The number of pyridine rings is 1. The van der Waals surface area contributed by atoms with Gasteiger partial charge in [-0.15, -0.1) is 0 Å². The summed E-state index contributed by atoms with van der Waals surface area (Å²) in [6, 6.07) is 10.7. The van der Waals surface area contributed by atoms with Crippen LogP contribution in [0.4, 0.5) is 5.82 Å². The molecule has 2 aromatic rings. The number of sulfonamides is 1. The summed E-state index contributed by atoms with van der Waals surface area (Å²) >= 11 is 0. The third-order valence-electron chi connectivity index (χ3n) is 3.22. The Hall–Kier alpha value is -2.78. The molecule has 132 valence electrons. The highest BCUT2D eigenvalue weighted by molar-refractivity contribution is 7.89. The molecular formula is C16H18N4O4S. The third kappa shape index (κ3) is 4.85. The van der Waals surface area contributed by atoms with Crippen molar-refractivity contribution in [3.05, 3.63) is 54.2 Å². The molecule has 8 nitrogen and oxygen atoms in total. The Morgan fingerprint density at radius 3 is 2.52 bits per heavy atom. The first-order valence-corrected chi connectivity index (χ1v) is 8.76. The van der Waals surface area contributed by atoms with Crippen molar-refractivity contribution in [2.75, 3.05) is 26.0 Å². The summed E-state index contributed by atoms with van der Waals surface area (Å²) in [6.45, 7) is -0.264. The van der Waals surface area contributed by atoms with E-state index in [1.807, 2.05) is 0 Å². The highest BCUT2D eigenvalue weighted by atomic mass is 32.2.